The third kappa shape index (κ3) is 1.38. The van der Waals surface area contributed by atoms with Gasteiger partial charge in [0, 0.05) is 5.41 Å². The molecule has 0 saturated heterocycles. The van der Waals surface area contributed by atoms with E-state index in [-0.39, 0.29) is 22.9 Å². The predicted molar refractivity (Wildman–Crippen MR) is 91.2 cm³/mol. The minimum absolute atomic E-state index is 0.0790. The summed E-state index contributed by atoms with van der Waals surface area (Å²) in [6.45, 7) is 9.23. The molecule has 134 valence electrons. The van der Waals surface area contributed by atoms with Crippen LogP contribution in [0.2, 0.25) is 0 Å². The summed E-state index contributed by atoms with van der Waals surface area (Å²) in [7, 11) is 0. The van der Waals surface area contributed by atoms with Crippen molar-refractivity contribution in [3.63, 3.8) is 0 Å². The number of carboxylic acid groups (broad SMARTS) is 1. The lowest BCUT2D eigenvalue weighted by Crippen LogP contribution is -2.66. The predicted octanol–water partition coefficient (Wildman–Crippen LogP) is 3.95. The van der Waals surface area contributed by atoms with E-state index in [0.717, 1.165) is 31.1 Å². The lowest BCUT2D eigenvalue weighted by Gasteiger charge is -2.68. The first-order chi connectivity index (χ1) is 11.1. The van der Waals surface area contributed by atoms with Gasteiger partial charge in [-0.05, 0) is 79.4 Å². The highest BCUT2D eigenvalue weighted by molar-refractivity contribution is 5.75. The zero-order chi connectivity index (χ0) is 17.3. The summed E-state index contributed by atoms with van der Waals surface area (Å²) in [5, 5.41) is 21.3. The van der Waals surface area contributed by atoms with Gasteiger partial charge in [0.05, 0.1) is 11.5 Å². The first-order valence-corrected chi connectivity index (χ1v) is 10.0. The van der Waals surface area contributed by atoms with Crippen LogP contribution in [0.3, 0.4) is 0 Å². The van der Waals surface area contributed by atoms with Crippen LogP contribution in [-0.4, -0.2) is 22.3 Å². The summed E-state index contributed by atoms with van der Waals surface area (Å²) in [6.07, 6.45) is 5.75. The minimum atomic E-state index is -0.664. The fraction of sp³-hybridized carbons (Fsp3) is 0.952. The van der Waals surface area contributed by atoms with Gasteiger partial charge in [-0.1, -0.05) is 27.2 Å². The molecule has 6 rings (SSSR count). The van der Waals surface area contributed by atoms with E-state index in [1.165, 1.54) is 12.8 Å². The number of aliphatic hydroxyl groups excluding tert-OH is 1. The van der Waals surface area contributed by atoms with Crippen molar-refractivity contribution in [2.45, 2.75) is 72.3 Å². The fourth-order valence-corrected chi connectivity index (χ4v) is 9.68. The maximum atomic E-state index is 12.2. The number of aliphatic carboxylic acids is 1. The van der Waals surface area contributed by atoms with Gasteiger partial charge in [0.15, 0.2) is 0 Å². The molecule has 6 aliphatic carbocycles. The van der Waals surface area contributed by atoms with Crippen LogP contribution in [0.25, 0.3) is 0 Å². The van der Waals surface area contributed by atoms with E-state index < -0.39 is 11.4 Å². The highest BCUT2D eigenvalue weighted by atomic mass is 16.4. The van der Waals surface area contributed by atoms with E-state index >= 15 is 0 Å². The van der Waals surface area contributed by atoms with Gasteiger partial charge < -0.3 is 10.2 Å². The third-order valence-corrected chi connectivity index (χ3v) is 10.3. The van der Waals surface area contributed by atoms with E-state index in [0.29, 0.717) is 23.7 Å². The summed E-state index contributed by atoms with van der Waals surface area (Å²) in [5.74, 6) is 2.27. The Kier molecular flexibility index (Phi) is 2.64. The van der Waals surface area contributed by atoms with Crippen LogP contribution in [0.4, 0.5) is 0 Å². The summed E-state index contributed by atoms with van der Waals surface area (Å²) in [5.41, 5.74) is -0.0257. The molecule has 6 fully saturated rings. The lowest BCUT2D eigenvalue weighted by atomic mass is 9.37. The Bertz CT molecular complexity index is 631. The Hall–Kier alpha value is -0.570. The van der Waals surface area contributed by atoms with Crippen molar-refractivity contribution in [1.82, 2.24) is 0 Å². The van der Waals surface area contributed by atoms with E-state index in [9.17, 15) is 15.0 Å². The van der Waals surface area contributed by atoms with E-state index in [1.807, 2.05) is 6.92 Å². The number of aliphatic hydroxyl groups is 1. The molecule has 10 atom stereocenters. The van der Waals surface area contributed by atoms with Crippen LogP contribution >= 0.6 is 0 Å². The molecule has 0 aliphatic heterocycles. The van der Waals surface area contributed by atoms with Crippen LogP contribution < -0.4 is 0 Å². The maximum Gasteiger partial charge on any atom is 0.309 e. The molecular formula is C21H32O3. The van der Waals surface area contributed by atoms with Crippen molar-refractivity contribution >= 4 is 5.97 Å². The van der Waals surface area contributed by atoms with Gasteiger partial charge in [0.25, 0.3) is 0 Å². The molecule has 3 heteroatoms. The Morgan fingerprint density at radius 3 is 2.42 bits per heavy atom. The van der Waals surface area contributed by atoms with E-state index in [4.69, 9.17) is 0 Å². The molecule has 2 N–H and O–H groups in total. The standard InChI is InChI=1S/C21H32O3/c1-11-15-12-9-21(10-20(12,15)4)14(22)8-13-18(2,16(11)21)6-5-7-19(13,3)17(23)24/h11-16,22H,5-10H2,1-4H3,(H,23,24). The maximum absolute atomic E-state index is 12.2. The summed E-state index contributed by atoms with van der Waals surface area (Å²) >= 11 is 0. The van der Waals surface area contributed by atoms with E-state index in [1.54, 1.807) is 0 Å². The molecule has 0 aromatic heterocycles. The average Bonchev–Trinajstić information content (AvgIpc) is 2.95. The first-order valence-electron chi connectivity index (χ1n) is 10.0. The molecule has 0 amide bonds. The van der Waals surface area contributed by atoms with Gasteiger partial charge in [0.1, 0.15) is 0 Å². The van der Waals surface area contributed by atoms with E-state index in [2.05, 4.69) is 20.8 Å². The highest BCUT2D eigenvalue weighted by Gasteiger charge is 2.82. The molecule has 0 heterocycles. The number of hydrogen-bond acceptors (Lipinski definition) is 2. The van der Waals surface area contributed by atoms with Crippen LogP contribution in [0.5, 0.6) is 0 Å². The summed E-state index contributed by atoms with van der Waals surface area (Å²) in [4.78, 5) is 12.2. The van der Waals surface area contributed by atoms with Crippen molar-refractivity contribution in [2.24, 2.45) is 51.2 Å². The van der Waals surface area contributed by atoms with Gasteiger partial charge in [0.2, 0.25) is 0 Å². The molecule has 3 nitrogen and oxygen atoms in total. The molecular weight excluding hydrogens is 300 g/mol. The summed E-state index contributed by atoms with van der Waals surface area (Å²) in [6, 6.07) is 0. The quantitative estimate of drug-likeness (QED) is 0.764. The molecule has 6 aliphatic rings. The van der Waals surface area contributed by atoms with Crippen LogP contribution in [-0.2, 0) is 4.79 Å². The zero-order valence-electron chi connectivity index (χ0n) is 15.5. The van der Waals surface area contributed by atoms with Gasteiger partial charge in [-0.15, -0.1) is 0 Å². The molecule has 0 aromatic rings. The van der Waals surface area contributed by atoms with Gasteiger partial charge in [-0.25, -0.2) is 0 Å². The number of carboxylic acids is 1. The van der Waals surface area contributed by atoms with Crippen molar-refractivity contribution in [1.29, 1.82) is 0 Å². The SMILES string of the molecule is CC1C2C3CC4(CC32C)C(O)CC2C(C)(C(=O)O)CCCC2(C)C14. The Balaban J connectivity index is 1.63. The number of carbonyl (C=O) groups is 1. The molecule has 0 aromatic carbocycles. The molecule has 0 radical (unpaired) electrons. The average molecular weight is 332 g/mol. The highest BCUT2D eigenvalue weighted by Crippen LogP contribution is 2.87. The van der Waals surface area contributed by atoms with Crippen LogP contribution in [0.15, 0.2) is 0 Å². The second kappa shape index (κ2) is 4.05. The summed E-state index contributed by atoms with van der Waals surface area (Å²) < 4.78 is 0. The third-order valence-electron chi connectivity index (χ3n) is 10.3. The Morgan fingerprint density at radius 2 is 1.83 bits per heavy atom. The molecule has 24 heavy (non-hydrogen) atoms. The van der Waals surface area contributed by atoms with Crippen LogP contribution in [0, 0.1) is 51.2 Å². The second-order valence-electron chi connectivity index (χ2n) is 11.0. The minimum Gasteiger partial charge on any atom is -0.481 e. The number of hydrogen-bond donors (Lipinski definition) is 2. The smallest absolute Gasteiger partial charge is 0.309 e. The van der Waals surface area contributed by atoms with Gasteiger partial charge in [-0.2, -0.15) is 0 Å². The number of fused-ring (bicyclic) bond motifs is 1. The van der Waals surface area contributed by atoms with Crippen molar-refractivity contribution in [3.8, 4) is 0 Å². The first kappa shape index (κ1) is 15.7. The Morgan fingerprint density at radius 1 is 1.12 bits per heavy atom. The van der Waals surface area contributed by atoms with Crippen molar-refractivity contribution in [3.05, 3.63) is 0 Å². The molecule has 10 unspecified atom stereocenters. The Labute approximate surface area is 145 Å². The monoisotopic (exact) mass is 332 g/mol. The number of rotatable bonds is 1. The zero-order valence-corrected chi connectivity index (χ0v) is 15.5. The normalized spacial score (nSPS) is 66.5. The molecule has 6 saturated carbocycles. The van der Waals surface area contributed by atoms with Crippen molar-refractivity contribution in [2.75, 3.05) is 0 Å². The largest absolute Gasteiger partial charge is 0.481 e. The topological polar surface area (TPSA) is 57.5 Å². The fourth-order valence-electron chi connectivity index (χ4n) is 9.68. The van der Waals surface area contributed by atoms with Gasteiger partial charge >= 0.3 is 5.97 Å². The molecule has 1 spiro atoms. The molecule has 4 bridgehead atoms. The second-order valence-corrected chi connectivity index (χ2v) is 11.0. The van der Waals surface area contributed by atoms with Crippen LogP contribution in [0.1, 0.15) is 66.2 Å². The van der Waals surface area contributed by atoms with Gasteiger partial charge in [-0.3, -0.25) is 4.79 Å². The lowest BCUT2D eigenvalue weighted by molar-refractivity contribution is -0.233. The van der Waals surface area contributed by atoms with Crippen molar-refractivity contribution < 1.29 is 15.0 Å².